The number of fused-ring (bicyclic) bond motifs is 1. The highest BCUT2D eigenvalue weighted by Gasteiger charge is 2.32. The van der Waals surface area contributed by atoms with Gasteiger partial charge in [0.15, 0.2) is 18.2 Å². The van der Waals surface area contributed by atoms with E-state index in [-0.39, 0.29) is 29.7 Å². The Balaban J connectivity index is 1.40. The van der Waals surface area contributed by atoms with Gasteiger partial charge in [-0.15, -0.1) is 0 Å². The third kappa shape index (κ3) is 3.99. The molecule has 0 fully saturated rings. The predicted molar refractivity (Wildman–Crippen MR) is 110 cm³/mol. The Hall–Kier alpha value is -3.99. The number of hydrogen-bond acceptors (Lipinski definition) is 4. The standard InChI is InChI=1S/C24H17NO4/c26-22(25-17-6-2-1-3-7-17)15-29-18-12-10-16(11-13-18)14-21-23(27)19-8-4-5-9-20(19)24(21)28/h1-14H,15H2,(H,25,26). The van der Waals surface area contributed by atoms with Crippen molar-refractivity contribution in [3.63, 3.8) is 0 Å². The van der Waals surface area contributed by atoms with E-state index in [4.69, 9.17) is 4.74 Å². The molecular weight excluding hydrogens is 366 g/mol. The van der Waals surface area contributed by atoms with Crippen LogP contribution in [0.15, 0.2) is 84.4 Å². The van der Waals surface area contributed by atoms with Crippen LogP contribution in [0.1, 0.15) is 26.3 Å². The Bertz CT molecular complexity index is 1080. The maximum atomic E-state index is 12.4. The summed E-state index contributed by atoms with van der Waals surface area (Å²) in [6.45, 7) is -0.123. The number of nitrogens with one attached hydrogen (secondary N) is 1. The van der Waals surface area contributed by atoms with Gasteiger partial charge in [0.1, 0.15) is 5.75 Å². The number of hydrogen-bond donors (Lipinski definition) is 1. The first-order chi connectivity index (χ1) is 14.1. The summed E-state index contributed by atoms with van der Waals surface area (Å²) >= 11 is 0. The van der Waals surface area contributed by atoms with Crippen molar-refractivity contribution in [1.29, 1.82) is 0 Å². The van der Waals surface area contributed by atoms with Crippen LogP contribution >= 0.6 is 0 Å². The topological polar surface area (TPSA) is 72.5 Å². The monoisotopic (exact) mass is 383 g/mol. The van der Waals surface area contributed by atoms with Gasteiger partial charge in [0.2, 0.25) is 0 Å². The molecule has 1 aliphatic carbocycles. The van der Waals surface area contributed by atoms with Gasteiger partial charge < -0.3 is 10.1 Å². The summed E-state index contributed by atoms with van der Waals surface area (Å²) in [6.07, 6.45) is 1.58. The quantitative estimate of drug-likeness (QED) is 0.530. The summed E-state index contributed by atoms with van der Waals surface area (Å²) in [7, 11) is 0. The first-order valence-corrected chi connectivity index (χ1v) is 9.10. The summed E-state index contributed by atoms with van der Waals surface area (Å²) < 4.78 is 5.49. The number of ether oxygens (including phenoxy) is 1. The van der Waals surface area contributed by atoms with Gasteiger partial charge in [-0.3, -0.25) is 14.4 Å². The number of carbonyl (C=O) groups excluding carboxylic acids is 3. The molecule has 0 unspecified atom stereocenters. The molecule has 0 aliphatic heterocycles. The molecule has 0 bridgehead atoms. The predicted octanol–water partition coefficient (Wildman–Crippen LogP) is 4.17. The SMILES string of the molecule is O=C(COc1ccc(C=C2C(=O)c3ccccc3C2=O)cc1)Nc1ccccc1. The van der Waals surface area contributed by atoms with Crippen LogP contribution in [0.5, 0.6) is 5.75 Å². The Labute approximate surface area is 167 Å². The molecule has 0 aromatic heterocycles. The maximum Gasteiger partial charge on any atom is 0.262 e. The number of Topliss-reactive ketones (excluding diaryl/α,β-unsaturated/α-hetero) is 2. The van der Waals surface area contributed by atoms with E-state index in [1.165, 1.54) is 0 Å². The highest BCUT2D eigenvalue weighted by atomic mass is 16.5. The highest BCUT2D eigenvalue weighted by Crippen LogP contribution is 2.28. The van der Waals surface area contributed by atoms with Crippen LogP contribution in [0.4, 0.5) is 5.69 Å². The van der Waals surface area contributed by atoms with Gasteiger partial charge in [-0.05, 0) is 35.9 Å². The van der Waals surface area contributed by atoms with Crippen LogP contribution in [0.25, 0.3) is 6.08 Å². The maximum absolute atomic E-state index is 12.4. The number of ketones is 2. The van der Waals surface area contributed by atoms with E-state index in [2.05, 4.69) is 5.32 Å². The van der Waals surface area contributed by atoms with E-state index >= 15 is 0 Å². The average molecular weight is 383 g/mol. The van der Waals surface area contributed by atoms with Gasteiger partial charge in [-0.1, -0.05) is 54.6 Å². The van der Waals surface area contributed by atoms with Crippen LogP contribution in [-0.4, -0.2) is 24.1 Å². The van der Waals surface area contributed by atoms with Crippen LogP contribution in [0, 0.1) is 0 Å². The van der Waals surface area contributed by atoms with Crippen LogP contribution < -0.4 is 10.1 Å². The van der Waals surface area contributed by atoms with Crippen molar-refractivity contribution in [2.24, 2.45) is 0 Å². The molecule has 142 valence electrons. The molecular formula is C24H17NO4. The van der Waals surface area contributed by atoms with Crippen LogP contribution in [0.3, 0.4) is 0 Å². The summed E-state index contributed by atoms with van der Waals surface area (Å²) in [5.74, 6) is -0.267. The van der Waals surface area contributed by atoms with E-state index in [9.17, 15) is 14.4 Å². The van der Waals surface area contributed by atoms with Gasteiger partial charge in [0.25, 0.3) is 5.91 Å². The fourth-order valence-electron chi connectivity index (χ4n) is 3.10. The minimum Gasteiger partial charge on any atom is -0.484 e. The first kappa shape index (κ1) is 18.4. The smallest absolute Gasteiger partial charge is 0.262 e. The van der Waals surface area contributed by atoms with Crippen LogP contribution in [0.2, 0.25) is 0 Å². The number of amides is 1. The van der Waals surface area contributed by atoms with Gasteiger partial charge in [0, 0.05) is 16.8 Å². The molecule has 0 atom stereocenters. The van der Waals surface area contributed by atoms with Crippen molar-refractivity contribution >= 4 is 29.2 Å². The number of benzene rings is 3. The molecule has 0 heterocycles. The van der Waals surface area contributed by atoms with Crippen molar-refractivity contribution < 1.29 is 19.1 Å². The zero-order valence-corrected chi connectivity index (χ0v) is 15.4. The molecule has 1 amide bonds. The van der Waals surface area contributed by atoms with Crippen LogP contribution in [-0.2, 0) is 4.79 Å². The van der Waals surface area contributed by atoms with Gasteiger partial charge in [-0.2, -0.15) is 0 Å². The molecule has 29 heavy (non-hydrogen) atoms. The summed E-state index contributed by atoms with van der Waals surface area (Å²) in [5.41, 5.74) is 2.44. The summed E-state index contributed by atoms with van der Waals surface area (Å²) in [5, 5.41) is 2.74. The molecule has 5 heteroatoms. The summed E-state index contributed by atoms with van der Waals surface area (Å²) in [4.78, 5) is 36.8. The Morgan fingerprint density at radius 3 is 2.00 bits per heavy atom. The Kier molecular flexibility index (Phi) is 5.03. The molecule has 0 saturated heterocycles. The second-order valence-electron chi connectivity index (χ2n) is 6.53. The normalized spacial score (nSPS) is 12.5. The lowest BCUT2D eigenvalue weighted by Gasteiger charge is -2.07. The largest absolute Gasteiger partial charge is 0.484 e. The molecule has 5 nitrogen and oxygen atoms in total. The van der Waals surface area contributed by atoms with E-state index in [1.54, 1.807) is 66.7 Å². The number of allylic oxidation sites excluding steroid dienone is 1. The molecule has 0 spiro atoms. The average Bonchev–Trinajstić information content (AvgIpc) is 2.99. The van der Waals surface area contributed by atoms with Crippen molar-refractivity contribution in [3.8, 4) is 5.75 Å². The van der Waals surface area contributed by atoms with E-state index in [1.807, 2.05) is 18.2 Å². The zero-order valence-electron chi connectivity index (χ0n) is 15.4. The minimum absolute atomic E-state index is 0.123. The molecule has 1 N–H and O–H groups in total. The Morgan fingerprint density at radius 1 is 0.793 bits per heavy atom. The Morgan fingerprint density at radius 2 is 1.38 bits per heavy atom. The lowest BCUT2D eigenvalue weighted by Crippen LogP contribution is -2.20. The van der Waals surface area contributed by atoms with E-state index in [0.717, 1.165) is 0 Å². The summed E-state index contributed by atoms with van der Waals surface area (Å²) in [6, 6.07) is 22.8. The van der Waals surface area contributed by atoms with Gasteiger partial charge in [-0.25, -0.2) is 0 Å². The lowest BCUT2D eigenvalue weighted by molar-refractivity contribution is -0.118. The number of rotatable bonds is 5. The number of carbonyl (C=O) groups is 3. The van der Waals surface area contributed by atoms with Crippen molar-refractivity contribution in [1.82, 2.24) is 0 Å². The van der Waals surface area contributed by atoms with Crippen molar-refractivity contribution in [2.45, 2.75) is 0 Å². The molecule has 0 saturated carbocycles. The number of anilines is 1. The van der Waals surface area contributed by atoms with Gasteiger partial charge >= 0.3 is 0 Å². The number of para-hydroxylation sites is 1. The second kappa shape index (κ2) is 7.94. The van der Waals surface area contributed by atoms with E-state index in [0.29, 0.717) is 28.1 Å². The minimum atomic E-state index is -0.262. The third-order valence-corrected chi connectivity index (χ3v) is 4.52. The third-order valence-electron chi connectivity index (χ3n) is 4.52. The fourth-order valence-corrected chi connectivity index (χ4v) is 3.10. The van der Waals surface area contributed by atoms with E-state index < -0.39 is 0 Å². The fraction of sp³-hybridized carbons (Fsp3) is 0.0417. The van der Waals surface area contributed by atoms with Gasteiger partial charge in [0.05, 0.1) is 5.57 Å². The highest BCUT2D eigenvalue weighted by molar-refractivity contribution is 6.41. The molecule has 1 aliphatic rings. The zero-order chi connectivity index (χ0) is 20.2. The van der Waals surface area contributed by atoms with Crippen molar-refractivity contribution in [3.05, 3.63) is 101 Å². The molecule has 0 radical (unpaired) electrons. The first-order valence-electron chi connectivity index (χ1n) is 9.10. The molecule has 3 aromatic rings. The second-order valence-corrected chi connectivity index (χ2v) is 6.53. The molecule has 3 aromatic carbocycles. The molecule has 4 rings (SSSR count). The lowest BCUT2D eigenvalue weighted by atomic mass is 10.1. The van der Waals surface area contributed by atoms with Crippen molar-refractivity contribution in [2.75, 3.05) is 11.9 Å².